The van der Waals surface area contributed by atoms with Crippen molar-refractivity contribution in [2.45, 2.75) is 106 Å². The first kappa shape index (κ1) is 31.9. The first-order chi connectivity index (χ1) is 20.3. The number of carbonyl (C=O) groups is 3. The largest absolute Gasteiger partial charge is 0.481 e. The predicted octanol–water partition coefficient (Wildman–Crippen LogP) is 7.04. The summed E-state index contributed by atoms with van der Waals surface area (Å²) in [6, 6.07) is 0. The van der Waals surface area contributed by atoms with E-state index in [-0.39, 0.29) is 24.2 Å². The Morgan fingerprint density at radius 3 is 1.53 bits per heavy atom. The van der Waals surface area contributed by atoms with Gasteiger partial charge in [0.25, 0.3) is 11.8 Å². The van der Waals surface area contributed by atoms with Crippen molar-refractivity contribution in [1.82, 2.24) is 20.6 Å². The van der Waals surface area contributed by atoms with Crippen molar-refractivity contribution in [2.75, 3.05) is 0 Å². The number of hydrogen-bond acceptors (Lipinski definition) is 3. The third-order valence-corrected chi connectivity index (χ3v) is 9.29. The van der Waals surface area contributed by atoms with E-state index in [0.29, 0.717) is 12.3 Å². The van der Waals surface area contributed by atoms with Gasteiger partial charge in [-0.05, 0) is 104 Å². The summed E-state index contributed by atoms with van der Waals surface area (Å²) in [5.74, 6) is -0.887. The van der Waals surface area contributed by atoms with Crippen LogP contribution in [-0.4, -0.2) is 32.9 Å². The van der Waals surface area contributed by atoms with Crippen LogP contribution in [0.5, 0.6) is 0 Å². The lowest BCUT2D eigenvalue weighted by Crippen LogP contribution is -2.15. The number of aromatic nitrogens is 2. The molecule has 0 bridgehead atoms. The number of hydrogen-bond donors (Lipinski definition) is 5. The van der Waals surface area contributed by atoms with Gasteiger partial charge in [-0.2, -0.15) is 0 Å². The molecule has 0 saturated carbocycles. The van der Waals surface area contributed by atoms with E-state index in [1.165, 1.54) is 5.56 Å². The first-order valence-corrected chi connectivity index (χ1v) is 15.4. The summed E-state index contributed by atoms with van der Waals surface area (Å²) in [5.41, 5.74) is 13.4. The zero-order valence-electron chi connectivity index (χ0n) is 27.0. The average molecular weight is 587 g/mol. The summed E-state index contributed by atoms with van der Waals surface area (Å²) in [5, 5.41) is 15.7. The van der Waals surface area contributed by atoms with Crippen LogP contribution in [0.1, 0.15) is 131 Å². The van der Waals surface area contributed by atoms with Crippen LogP contribution >= 0.6 is 0 Å². The molecule has 43 heavy (non-hydrogen) atoms. The van der Waals surface area contributed by atoms with E-state index in [2.05, 4.69) is 48.3 Å². The van der Waals surface area contributed by atoms with Gasteiger partial charge in [-0.25, -0.2) is 0 Å². The lowest BCUT2D eigenvalue weighted by Gasteiger charge is -2.15. The predicted molar refractivity (Wildman–Crippen MR) is 171 cm³/mol. The summed E-state index contributed by atoms with van der Waals surface area (Å²) in [6.07, 6.45) is 7.08. The van der Waals surface area contributed by atoms with Crippen molar-refractivity contribution in [3.05, 3.63) is 78.7 Å². The van der Waals surface area contributed by atoms with E-state index in [9.17, 15) is 19.5 Å². The van der Waals surface area contributed by atoms with Gasteiger partial charge in [-0.3, -0.25) is 14.4 Å². The maximum Gasteiger partial charge on any atom is 0.303 e. The van der Waals surface area contributed by atoms with Crippen LogP contribution in [0.25, 0.3) is 12.2 Å². The monoisotopic (exact) mass is 586 g/mol. The van der Waals surface area contributed by atoms with E-state index < -0.39 is 5.97 Å². The molecule has 0 fully saturated rings. The van der Waals surface area contributed by atoms with E-state index in [4.69, 9.17) is 0 Å². The van der Waals surface area contributed by atoms with Gasteiger partial charge in [0.1, 0.15) is 0 Å². The molecule has 2 aromatic heterocycles. The van der Waals surface area contributed by atoms with Crippen LogP contribution < -0.4 is 10.6 Å². The molecular weight excluding hydrogens is 540 g/mol. The Labute approximate surface area is 254 Å². The van der Waals surface area contributed by atoms with Crippen molar-refractivity contribution in [3.8, 4) is 0 Å². The summed E-state index contributed by atoms with van der Waals surface area (Å²) in [4.78, 5) is 43.9. The van der Waals surface area contributed by atoms with Crippen LogP contribution in [0.15, 0.2) is 33.7 Å². The fraction of sp³-hybridized carbons (Fsp3) is 0.457. The Bertz CT molecular complexity index is 1610. The van der Waals surface area contributed by atoms with E-state index in [1.807, 2.05) is 46.8 Å². The zero-order chi connectivity index (χ0) is 31.7. The Balaban J connectivity index is 1.85. The van der Waals surface area contributed by atoms with Gasteiger partial charge in [0.15, 0.2) is 0 Å². The molecule has 8 nitrogen and oxygen atoms in total. The minimum absolute atomic E-state index is 0.0160. The van der Waals surface area contributed by atoms with Crippen LogP contribution in [0, 0.1) is 13.8 Å². The molecule has 8 heteroatoms. The Morgan fingerprint density at radius 2 is 1.16 bits per heavy atom. The van der Waals surface area contributed by atoms with Crippen molar-refractivity contribution in [3.63, 3.8) is 0 Å². The highest BCUT2D eigenvalue weighted by molar-refractivity contribution is 6.01. The van der Waals surface area contributed by atoms with Crippen LogP contribution in [-0.2, 0) is 20.8 Å². The van der Waals surface area contributed by atoms with Crippen molar-refractivity contribution in [1.29, 1.82) is 0 Å². The third kappa shape index (κ3) is 6.05. The molecule has 0 saturated heterocycles. The van der Waals surface area contributed by atoms with E-state index in [0.717, 1.165) is 92.4 Å². The second-order valence-electron chi connectivity index (χ2n) is 12.0. The highest BCUT2D eigenvalue weighted by Crippen LogP contribution is 2.37. The van der Waals surface area contributed by atoms with Crippen LogP contribution in [0.4, 0.5) is 0 Å². The van der Waals surface area contributed by atoms with Gasteiger partial charge in [0.2, 0.25) is 0 Å². The lowest BCUT2D eigenvalue weighted by molar-refractivity contribution is -0.137. The minimum Gasteiger partial charge on any atom is -0.481 e. The fourth-order valence-corrected chi connectivity index (χ4v) is 6.74. The van der Waals surface area contributed by atoms with Gasteiger partial charge < -0.3 is 25.7 Å². The smallest absolute Gasteiger partial charge is 0.303 e. The fourth-order valence-electron chi connectivity index (χ4n) is 6.74. The number of H-pyrrole nitrogens is 2. The summed E-state index contributed by atoms with van der Waals surface area (Å²) in [7, 11) is 0. The number of carboxylic acids is 1. The summed E-state index contributed by atoms with van der Waals surface area (Å²) in [6.45, 7) is 18.3. The Kier molecular flexibility index (Phi) is 9.38. The summed E-state index contributed by atoms with van der Waals surface area (Å²) >= 11 is 0. The molecule has 0 aliphatic carbocycles. The minimum atomic E-state index is -0.840. The number of rotatable bonds is 11. The Morgan fingerprint density at radius 1 is 0.744 bits per heavy atom. The van der Waals surface area contributed by atoms with Crippen molar-refractivity contribution >= 4 is 29.9 Å². The van der Waals surface area contributed by atoms with Crippen LogP contribution in [0.3, 0.4) is 0 Å². The normalized spacial score (nSPS) is 18.7. The van der Waals surface area contributed by atoms with E-state index >= 15 is 0 Å². The maximum absolute atomic E-state index is 12.4. The number of nitrogens with one attached hydrogen (secondary N) is 4. The number of amides is 2. The maximum atomic E-state index is 12.4. The van der Waals surface area contributed by atoms with Gasteiger partial charge in [-0.15, -0.1) is 0 Å². The molecule has 0 radical (unpaired) electrons. The van der Waals surface area contributed by atoms with Gasteiger partial charge in [0.05, 0.1) is 6.42 Å². The number of aliphatic carboxylic acids is 1. The molecule has 2 amide bonds. The van der Waals surface area contributed by atoms with Gasteiger partial charge in [-0.1, -0.05) is 34.6 Å². The molecule has 2 aliphatic heterocycles. The second-order valence-corrected chi connectivity index (χ2v) is 12.0. The molecule has 0 aromatic carbocycles. The lowest BCUT2D eigenvalue weighted by atomic mass is 9.89. The summed E-state index contributed by atoms with van der Waals surface area (Å²) < 4.78 is 0. The average Bonchev–Trinajstić information content (AvgIpc) is 3.60. The molecule has 0 spiro atoms. The molecule has 2 atom stereocenters. The molecule has 0 unspecified atom stereocenters. The molecule has 4 heterocycles. The molecule has 2 aliphatic rings. The molecule has 2 aromatic rings. The Hall–Kier alpha value is -4.07. The first-order valence-electron chi connectivity index (χ1n) is 15.4. The molecule has 5 N–H and O–H groups in total. The highest BCUT2D eigenvalue weighted by Gasteiger charge is 2.28. The number of carboxylic acid groups (broad SMARTS) is 1. The zero-order valence-corrected chi connectivity index (χ0v) is 27.0. The third-order valence-electron chi connectivity index (χ3n) is 9.29. The second kappa shape index (κ2) is 12.7. The number of allylic oxidation sites excluding steroid dienone is 2. The van der Waals surface area contributed by atoms with Crippen LogP contribution in [0.2, 0.25) is 0 Å². The highest BCUT2D eigenvalue weighted by atomic mass is 16.4. The van der Waals surface area contributed by atoms with Crippen molar-refractivity contribution < 1.29 is 19.5 Å². The van der Waals surface area contributed by atoms with Gasteiger partial charge in [0, 0.05) is 51.7 Å². The van der Waals surface area contributed by atoms with E-state index in [1.54, 1.807) is 0 Å². The standard InChI is InChI=1S/C35H46N4O4/c1-10-17(4)32-21(8)25(14-27-23(11-2)19(6)34(42)38-27)36-29(32)16-30-33(18(5)13-31(40)41)22(9)26(37-30)15-28-24(12-3)20(7)35(43)39-28/h14-15,17-18,36-37H,10-13,16H2,1-9H3,(H,38,42)(H,39,43)(H,40,41)/b27-14-,28-15-/t17-,18-/m0/s1. The van der Waals surface area contributed by atoms with Gasteiger partial charge >= 0.3 is 5.97 Å². The number of aromatic amines is 2. The SMILES string of the molecule is CCC1=C(C)C(=O)N/C1=C\c1[nH]c(Cc2[nH]c(/C=C3\NC(=O)C(C)=C3CC)c(C)c2[C@@H](C)CC(=O)O)c([C@@H](C)CC)c1C. The number of carbonyl (C=O) groups excluding carboxylic acids is 2. The molecular formula is C35H46N4O4. The molecule has 4 rings (SSSR count). The van der Waals surface area contributed by atoms with Crippen molar-refractivity contribution in [2.24, 2.45) is 0 Å². The molecule has 230 valence electrons. The quantitative estimate of drug-likeness (QED) is 0.194. The topological polar surface area (TPSA) is 127 Å².